The summed E-state index contributed by atoms with van der Waals surface area (Å²) in [6.07, 6.45) is 9.60. The maximum absolute atomic E-state index is 4.51. The fourth-order valence-electron chi connectivity index (χ4n) is 2.39. The smallest absolute Gasteiger partial charge is 0.233 e. The van der Waals surface area contributed by atoms with Crippen molar-refractivity contribution < 1.29 is 0 Å². The van der Waals surface area contributed by atoms with Gasteiger partial charge in [0.1, 0.15) is 0 Å². The van der Waals surface area contributed by atoms with E-state index >= 15 is 0 Å². The minimum atomic E-state index is 0.745. The van der Waals surface area contributed by atoms with Crippen LogP contribution in [0.25, 0.3) is 5.78 Å². The Morgan fingerprint density at radius 3 is 3.06 bits per heavy atom. The first-order valence-corrected chi connectivity index (χ1v) is 5.95. The molecule has 0 aliphatic carbocycles. The van der Waals surface area contributed by atoms with Crippen LogP contribution in [-0.4, -0.2) is 30.5 Å². The average Bonchev–Trinajstić information content (AvgIpc) is 3.05. The second-order valence-corrected chi connectivity index (χ2v) is 4.40. The van der Waals surface area contributed by atoms with E-state index in [-0.39, 0.29) is 0 Å². The highest BCUT2D eigenvalue weighted by Gasteiger charge is 2.20. The summed E-state index contributed by atoms with van der Waals surface area (Å²) in [6.45, 7) is 2.77. The summed E-state index contributed by atoms with van der Waals surface area (Å²) >= 11 is 0. The molecule has 3 aromatic heterocycles. The highest BCUT2D eigenvalue weighted by molar-refractivity contribution is 5.37. The summed E-state index contributed by atoms with van der Waals surface area (Å²) in [5.41, 5.74) is 1.02. The Morgan fingerprint density at radius 2 is 2.11 bits per heavy atom. The van der Waals surface area contributed by atoms with Crippen LogP contribution in [0.15, 0.2) is 37.1 Å². The van der Waals surface area contributed by atoms with Gasteiger partial charge < -0.3 is 9.47 Å². The minimum absolute atomic E-state index is 0.745. The number of imidazole rings is 2. The molecule has 0 atom stereocenters. The van der Waals surface area contributed by atoms with Crippen molar-refractivity contribution >= 4 is 11.7 Å². The Morgan fingerprint density at radius 1 is 1.11 bits per heavy atom. The Hall–Kier alpha value is -2.37. The highest BCUT2D eigenvalue weighted by atomic mass is 15.4. The van der Waals surface area contributed by atoms with Crippen molar-refractivity contribution in [3.05, 3.63) is 42.7 Å². The molecule has 0 saturated heterocycles. The number of aromatic nitrogens is 5. The van der Waals surface area contributed by atoms with E-state index in [1.54, 1.807) is 6.20 Å². The lowest BCUT2D eigenvalue weighted by Crippen LogP contribution is -2.20. The Balaban J connectivity index is 1.65. The van der Waals surface area contributed by atoms with Crippen LogP contribution in [-0.2, 0) is 13.1 Å². The van der Waals surface area contributed by atoms with Gasteiger partial charge in [-0.2, -0.15) is 0 Å². The van der Waals surface area contributed by atoms with E-state index in [1.807, 2.05) is 35.3 Å². The van der Waals surface area contributed by atoms with E-state index in [4.69, 9.17) is 0 Å². The van der Waals surface area contributed by atoms with Crippen LogP contribution in [0, 0.1) is 0 Å². The van der Waals surface area contributed by atoms with Gasteiger partial charge in [0.2, 0.25) is 11.7 Å². The number of hydrogen-bond donors (Lipinski definition) is 0. The van der Waals surface area contributed by atoms with Crippen molar-refractivity contribution in [2.75, 3.05) is 11.4 Å². The van der Waals surface area contributed by atoms with Crippen LogP contribution in [0.3, 0.4) is 0 Å². The third-order valence-corrected chi connectivity index (χ3v) is 3.23. The summed E-state index contributed by atoms with van der Waals surface area (Å²) in [5, 5.41) is 0. The maximum atomic E-state index is 4.51. The maximum Gasteiger partial charge on any atom is 0.233 e. The van der Waals surface area contributed by atoms with Gasteiger partial charge in [-0.05, 0) is 6.07 Å². The fraction of sp³-hybridized carbons (Fsp3) is 0.250. The number of fused-ring (bicyclic) bond motifs is 2. The summed E-state index contributed by atoms with van der Waals surface area (Å²) in [6, 6.07) is 1.90. The Kier molecular flexibility index (Phi) is 1.91. The highest BCUT2D eigenvalue weighted by Crippen LogP contribution is 2.20. The van der Waals surface area contributed by atoms with Gasteiger partial charge in [0.25, 0.3) is 0 Å². The molecule has 1 aliphatic heterocycles. The van der Waals surface area contributed by atoms with Crippen molar-refractivity contribution in [1.82, 2.24) is 23.9 Å². The van der Waals surface area contributed by atoms with E-state index < -0.39 is 0 Å². The third kappa shape index (κ3) is 1.38. The summed E-state index contributed by atoms with van der Waals surface area (Å²) in [7, 11) is 0. The zero-order valence-electron chi connectivity index (χ0n) is 9.77. The average molecular weight is 240 g/mol. The van der Waals surface area contributed by atoms with Crippen LogP contribution in [0.5, 0.6) is 0 Å². The quantitative estimate of drug-likeness (QED) is 0.669. The molecule has 0 unspecified atom stereocenters. The first-order chi connectivity index (χ1) is 8.90. The molecule has 0 amide bonds. The Bertz CT molecular complexity index is 664. The van der Waals surface area contributed by atoms with E-state index in [1.165, 1.54) is 0 Å². The van der Waals surface area contributed by atoms with Crippen molar-refractivity contribution in [2.45, 2.75) is 13.1 Å². The molecule has 0 saturated carbocycles. The van der Waals surface area contributed by atoms with Crippen LogP contribution in [0.1, 0.15) is 5.69 Å². The summed E-state index contributed by atoms with van der Waals surface area (Å²) in [5.74, 6) is 1.77. The first-order valence-electron chi connectivity index (χ1n) is 5.95. The molecule has 90 valence electrons. The van der Waals surface area contributed by atoms with Crippen molar-refractivity contribution in [3.8, 4) is 0 Å². The van der Waals surface area contributed by atoms with Crippen LogP contribution in [0.2, 0.25) is 0 Å². The standard InChI is InChI=1S/C12H12N6/c1-2-13-11-15-10(8-17(11)4-1)9-18-7-6-16-5-3-14-12(16)18/h1-5,8H,6-7,9H2. The molecule has 4 heterocycles. The van der Waals surface area contributed by atoms with Gasteiger partial charge in [-0.25, -0.2) is 15.0 Å². The van der Waals surface area contributed by atoms with Gasteiger partial charge in [-0.15, -0.1) is 0 Å². The molecule has 6 heteroatoms. The molecular weight excluding hydrogens is 228 g/mol. The van der Waals surface area contributed by atoms with Gasteiger partial charge in [-0.1, -0.05) is 0 Å². The summed E-state index contributed by atoms with van der Waals surface area (Å²) < 4.78 is 4.10. The van der Waals surface area contributed by atoms with Crippen LogP contribution in [0.4, 0.5) is 5.95 Å². The largest absolute Gasteiger partial charge is 0.334 e. The number of hydrogen-bond acceptors (Lipinski definition) is 4. The third-order valence-electron chi connectivity index (χ3n) is 3.23. The van der Waals surface area contributed by atoms with Gasteiger partial charge in [0, 0.05) is 44.1 Å². The molecule has 4 rings (SSSR count). The van der Waals surface area contributed by atoms with Crippen LogP contribution >= 0.6 is 0 Å². The van der Waals surface area contributed by atoms with E-state index in [0.29, 0.717) is 0 Å². The molecular formula is C12H12N6. The van der Waals surface area contributed by atoms with Crippen molar-refractivity contribution in [3.63, 3.8) is 0 Å². The van der Waals surface area contributed by atoms with Gasteiger partial charge >= 0.3 is 0 Å². The van der Waals surface area contributed by atoms with E-state index in [0.717, 1.165) is 37.1 Å². The zero-order valence-corrected chi connectivity index (χ0v) is 9.77. The molecule has 0 fully saturated rings. The molecule has 18 heavy (non-hydrogen) atoms. The lowest BCUT2D eigenvalue weighted by atomic mass is 10.4. The molecule has 0 N–H and O–H groups in total. The molecule has 1 aliphatic rings. The van der Waals surface area contributed by atoms with Crippen molar-refractivity contribution in [2.24, 2.45) is 0 Å². The molecule has 0 bridgehead atoms. The van der Waals surface area contributed by atoms with Gasteiger partial charge in [0.15, 0.2) is 0 Å². The normalized spacial score (nSPS) is 14.3. The number of nitrogens with zero attached hydrogens (tertiary/aromatic N) is 6. The zero-order chi connectivity index (χ0) is 11.9. The molecule has 0 radical (unpaired) electrons. The van der Waals surface area contributed by atoms with E-state index in [9.17, 15) is 0 Å². The Labute approximate surface area is 104 Å². The topological polar surface area (TPSA) is 51.2 Å². The fourth-order valence-corrected chi connectivity index (χ4v) is 2.39. The predicted octanol–water partition coefficient (Wildman–Crippen LogP) is 0.946. The van der Waals surface area contributed by atoms with Crippen molar-refractivity contribution in [1.29, 1.82) is 0 Å². The lowest BCUT2D eigenvalue weighted by Gasteiger charge is -2.13. The second-order valence-electron chi connectivity index (χ2n) is 4.40. The molecule has 6 nitrogen and oxygen atoms in total. The number of rotatable bonds is 2. The molecule has 3 aromatic rings. The number of anilines is 1. The van der Waals surface area contributed by atoms with E-state index in [2.05, 4.69) is 24.4 Å². The second kappa shape index (κ2) is 3.56. The lowest BCUT2D eigenvalue weighted by molar-refractivity contribution is 0.764. The van der Waals surface area contributed by atoms with Crippen LogP contribution < -0.4 is 4.90 Å². The molecule has 0 spiro atoms. The first kappa shape index (κ1) is 9.64. The summed E-state index contributed by atoms with van der Waals surface area (Å²) in [4.78, 5) is 15.3. The van der Waals surface area contributed by atoms with Gasteiger partial charge in [-0.3, -0.25) is 4.40 Å². The monoisotopic (exact) mass is 240 g/mol. The SMILES string of the molecule is c1cnc2nc(CN3CCn4ccnc43)cn2c1. The predicted molar refractivity (Wildman–Crippen MR) is 66.3 cm³/mol. The minimum Gasteiger partial charge on any atom is -0.334 e. The van der Waals surface area contributed by atoms with Gasteiger partial charge in [0.05, 0.1) is 12.2 Å². The molecule has 0 aromatic carbocycles.